The number of fused-ring (bicyclic) bond motifs is 2. The Labute approximate surface area is 228 Å². The largest absolute Gasteiger partial charge is 0.357 e. The number of aromatic nitrogens is 3. The van der Waals surface area contributed by atoms with Crippen molar-refractivity contribution in [3.63, 3.8) is 0 Å². The number of benzene rings is 3. The lowest BCUT2D eigenvalue weighted by Crippen LogP contribution is -2.46. The number of aromatic amines is 2. The summed E-state index contributed by atoms with van der Waals surface area (Å²) in [6, 6.07) is 26.8. The van der Waals surface area contributed by atoms with Crippen LogP contribution in [0, 0.1) is 12.8 Å². The smallest absolute Gasteiger partial charge is 0.0947 e. The number of nitrogens with one attached hydrogen (secondary N) is 2. The zero-order valence-corrected chi connectivity index (χ0v) is 22.3. The standard InChI is InChI=1S/C34H33FN4/c1-22-5-2-3-7-29(22)31-8-4-6-24-15-25(33-13-14-36-38-33)9-11-30(24)34(31)26-10-12-32-27(16-26)17-28(37-32)21-39-19-23(18-35)20-39/h2-3,5,7,9-17,23,37H,4,6,8,18-21H2,1H3,(H,36,38). The van der Waals surface area contributed by atoms with Crippen molar-refractivity contribution in [3.8, 4) is 11.3 Å². The topological polar surface area (TPSA) is 47.7 Å². The number of hydrogen-bond donors (Lipinski definition) is 2. The highest BCUT2D eigenvalue weighted by molar-refractivity contribution is 6.02. The second-order valence-corrected chi connectivity index (χ2v) is 11.2. The molecule has 3 heterocycles. The van der Waals surface area contributed by atoms with Gasteiger partial charge in [0.1, 0.15) is 0 Å². The molecule has 5 heteroatoms. The Kier molecular flexibility index (Phi) is 6.16. The highest BCUT2D eigenvalue weighted by Crippen LogP contribution is 2.42. The van der Waals surface area contributed by atoms with E-state index in [1.807, 2.05) is 12.3 Å². The predicted molar refractivity (Wildman–Crippen MR) is 157 cm³/mol. The van der Waals surface area contributed by atoms with Gasteiger partial charge in [-0.2, -0.15) is 5.10 Å². The van der Waals surface area contributed by atoms with Crippen LogP contribution >= 0.6 is 0 Å². The van der Waals surface area contributed by atoms with Gasteiger partial charge >= 0.3 is 0 Å². The number of nitrogens with zero attached hydrogens (tertiary/aromatic N) is 2. The summed E-state index contributed by atoms with van der Waals surface area (Å²) in [7, 11) is 0. The van der Waals surface area contributed by atoms with Crippen LogP contribution in [0.3, 0.4) is 0 Å². The van der Waals surface area contributed by atoms with Crippen LogP contribution in [0.25, 0.3) is 33.3 Å². The van der Waals surface area contributed by atoms with Gasteiger partial charge in [-0.25, -0.2) is 0 Å². The summed E-state index contributed by atoms with van der Waals surface area (Å²) in [5.74, 6) is 0.205. The number of halogens is 1. The van der Waals surface area contributed by atoms with Crippen LogP contribution in [0.5, 0.6) is 0 Å². The molecule has 196 valence electrons. The zero-order chi connectivity index (χ0) is 26.3. The Morgan fingerprint density at radius 3 is 2.62 bits per heavy atom. The third-order valence-corrected chi connectivity index (χ3v) is 8.44. The summed E-state index contributed by atoms with van der Waals surface area (Å²) in [5.41, 5.74) is 13.9. The Morgan fingerprint density at radius 2 is 1.79 bits per heavy atom. The second kappa shape index (κ2) is 9.97. The first kappa shape index (κ1) is 24.1. The van der Waals surface area contributed by atoms with Crippen LogP contribution in [-0.2, 0) is 13.0 Å². The van der Waals surface area contributed by atoms with Gasteiger partial charge in [0.05, 0.1) is 12.4 Å². The van der Waals surface area contributed by atoms with Crippen molar-refractivity contribution in [2.75, 3.05) is 19.8 Å². The molecular formula is C34H33FN4. The highest BCUT2D eigenvalue weighted by atomic mass is 19.1. The molecule has 0 radical (unpaired) electrons. The highest BCUT2D eigenvalue weighted by Gasteiger charge is 2.27. The minimum Gasteiger partial charge on any atom is -0.357 e. The van der Waals surface area contributed by atoms with Crippen molar-refractivity contribution >= 4 is 22.0 Å². The first-order chi connectivity index (χ1) is 19.2. The van der Waals surface area contributed by atoms with Crippen molar-refractivity contribution in [2.45, 2.75) is 32.7 Å². The van der Waals surface area contributed by atoms with Gasteiger partial charge in [0.2, 0.25) is 0 Å². The van der Waals surface area contributed by atoms with Gasteiger partial charge in [0, 0.05) is 48.3 Å². The number of rotatable bonds is 6. The van der Waals surface area contributed by atoms with Crippen molar-refractivity contribution in [2.24, 2.45) is 5.92 Å². The van der Waals surface area contributed by atoms with Crippen molar-refractivity contribution < 1.29 is 4.39 Å². The Balaban J connectivity index is 1.34. The van der Waals surface area contributed by atoms with Crippen molar-refractivity contribution in [1.82, 2.24) is 20.1 Å². The number of hydrogen-bond acceptors (Lipinski definition) is 2. The van der Waals surface area contributed by atoms with E-state index in [0.717, 1.165) is 50.1 Å². The van der Waals surface area contributed by atoms with E-state index in [2.05, 4.69) is 93.7 Å². The van der Waals surface area contributed by atoms with Crippen LogP contribution in [-0.4, -0.2) is 39.8 Å². The lowest BCUT2D eigenvalue weighted by Gasteiger charge is -2.37. The van der Waals surface area contributed by atoms with Gasteiger partial charge in [0.25, 0.3) is 0 Å². The molecule has 2 N–H and O–H groups in total. The van der Waals surface area contributed by atoms with E-state index < -0.39 is 0 Å². The number of alkyl halides is 1. The molecule has 2 aliphatic rings. The maximum absolute atomic E-state index is 12.9. The molecule has 7 rings (SSSR count). The first-order valence-electron chi connectivity index (χ1n) is 14.0. The summed E-state index contributed by atoms with van der Waals surface area (Å²) in [4.78, 5) is 5.92. The maximum Gasteiger partial charge on any atom is 0.0947 e. The molecule has 39 heavy (non-hydrogen) atoms. The second-order valence-electron chi connectivity index (χ2n) is 11.2. The molecule has 0 atom stereocenters. The van der Waals surface area contributed by atoms with Gasteiger partial charge in [-0.05, 0) is 101 Å². The fourth-order valence-corrected chi connectivity index (χ4v) is 6.46. The van der Waals surface area contributed by atoms with E-state index in [0.29, 0.717) is 0 Å². The number of aryl methyl sites for hydroxylation is 2. The van der Waals surface area contributed by atoms with E-state index in [9.17, 15) is 4.39 Å². The Morgan fingerprint density at radius 1 is 0.923 bits per heavy atom. The van der Waals surface area contributed by atoms with Crippen LogP contribution in [0.2, 0.25) is 0 Å². The van der Waals surface area contributed by atoms with Crippen LogP contribution < -0.4 is 0 Å². The Bertz CT molecular complexity index is 1670. The normalized spacial score (nSPS) is 16.4. The molecule has 2 aromatic heterocycles. The maximum atomic E-state index is 12.9. The summed E-state index contributed by atoms with van der Waals surface area (Å²) in [6.07, 6.45) is 5.00. The fraction of sp³-hybridized carbons (Fsp3) is 0.265. The van der Waals surface area contributed by atoms with Gasteiger partial charge in [-0.1, -0.05) is 42.5 Å². The number of allylic oxidation sites excluding steroid dienone is 1. The predicted octanol–water partition coefficient (Wildman–Crippen LogP) is 7.56. The molecule has 1 aliphatic carbocycles. The quantitative estimate of drug-likeness (QED) is 0.245. The molecular weight excluding hydrogens is 483 g/mol. The molecule has 0 saturated carbocycles. The van der Waals surface area contributed by atoms with E-state index >= 15 is 0 Å². The average molecular weight is 517 g/mol. The lowest BCUT2D eigenvalue weighted by molar-refractivity contribution is 0.0728. The van der Waals surface area contributed by atoms with E-state index in [1.165, 1.54) is 55.6 Å². The van der Waals surface area contributed by atoms with Crippen LogP contribution in [0.4, 0.5) is 4.39 Å². The molecule has 1 saturated heterocycles. The third-order valence-electron chi connectivity index (χ3n) is 8.44. The fourth-order valence-electron chi connectivity index (χ4n) is 6.46. The number of H-pyrrole nitrogens is 2. The van der Waals surface area contributed by atoms with Gasteiger partial charge < -0.3 is 4.98 Å². The molecule has 3 aromatic carbocycles. The average Bonchev–Trinajstić information content (AvgIpc) is 3.57. The molecule has 1 aliphatic heterocycles. The van der Waals surface area contributed by atoms with Crippen LogP contribution in [0.15, 0.2) is 79.0 Å². The molecule has 1 fully saturated rings. The molecule has 0 amide bonds. The van der Waals surface area contributed by atoms with Gasteiger partial charge in [-0.15, -0.1) is 0 Å². The molecule has 5 aromatic rings. The van der Waals surface area contributed by atoms with Gasteiger partial charge in [-0.3, -0.25) is 14.4 Å². The molecule has 4 nitrogen and oxygen atoms in total. The minimum atomic E-state index is -0.213. The zero-order valence-electron chi connectivity index (χ0n) is 22.3. The summed E-state index contributed by atoms with van der Waals surface area (Å²) < 4.78 is 12.9. The minimum absolute atomic E-state index is 0.205. The Hall–Kier alpha value is -3.96. The van der Waals surface area contributed by atoms with E-state index in [1.54, 1.807) is 0 Å². The number of likely N-dealkylation sites (tertiary alicyclic amines) is 1. The first-order valence-corrected chi connectivity index (χ1v) is 14.0. The lowest BCUT2D eigenvalue weighted by atomic mass is 9.85. The molecule has 0 unspecified atom stereocenters. The summed E-state index contributed by atoms with van der Waals surface area (Å²) >= 11 is 0. The van der Waals surface area contributed by atoms with Crippen molar-refractivity contribution in [3.05, 3.63) is 113 Å². The summed E-state index contributed by atoms with van der Waals surface area (Å²) in [6.45, 7) is 4.55. The molecule has 0 spiro atoms. The van der Waals surface area contributed by atoms with E-state index in [-0.39, 0.29) is 12.6 Å². The summed E-state index contributed by atoms with van der Waals surface area (Å²) in [5, 5.41) is 8.51. The van der Waals surface area contributed by atoms with Crippen molar-refractivity contribution in [1.29, 1.82) is 0 Å². The molecule has 0 bridgehead atoms. The van der Waals surface area contributed by atoms with Crippen LogP contribution in [0.1, 0.15) is 46.4 Å². The van der Waals surface area contributed by atoms with E-state index in [4.69, 9.17) is 0 Å². The monoisotopic (exact) mass is 516 g/mol. The third kappa shape index (κ3) is 4.51. The van der Waals surface area contributed by atoms with Gasteiger partial charge in [0.15, 0.2) is 0 Å². The SMILES string of the molecule is Cc1ccccc1C1=C(c2ccc3[nH]c(CN4CC(CF)C4)cc3c2)c2ccc(-c3ccn[nH]3)cc2CCC1.